The third kappa shape index (κ3) is 4.77. The van der Waals surface area contributed by atoms with Crippen LogP contribution in [0.25, 0.3) is 6.08 Å². The maximum Gasteiger partial charge on any atom is 0.0757 e. The molecule has 0 spiro atoms. The molecule has 82 valence electrons. The molecular weight excluding hydrogens is 188 g/mol. The van der Waals surface area contributed by atoms with E-state index < -0.39 is 0 Å². The zero-order valence-corrected chi connectivity index (χ0v) is 9.10. The van der Waals surface area contributed by atoms with Gasteiger partial charge in [-0.3, -0.25) is 0 Å². The highest BCUT2D eigenvalue weighted by Crippen LogP contribution is 2.06. The van der Waals surface area contributed by atoms with Gasteiger partial charge in [0.25, 0.3) is 0 Å². The molecule has 0 radical (unpaired) electrons. The normalized spacial score (nSPS) is 13.2. The zero-order valence-electron chi connectivity index (χ0n) is 9.10. The summed E-state index contributed by atoms with van der Waals surface area (Å²) >= 11 is 0. The summed E-state index contributed by atoms with van der Waals surface area (Å²) in [7, 11) is 0. The molecule has 0 aromatic heterocycles. The first kappa shape index (κ1) is 12.0. The Morgan fingerprint density at radius 2 is 2.07 bits per heavy atom. The van der Waals surface area contributed by atoms with Crippen molar-refractivity contribution in [1.29, 1.82) is 0 Å². The average molecular weight is 206 g/mol. The van der Waals surface area contributed by atoms with Gasteiger partial charge in [0, 0.05) is 0 Å². The van der Waals surface area contributed by atoms with Gasteiger partial charge in [-0.15, -0.1) is 0 Å². The predicted octanol–water partition coefficient (Wildman–Crippen LogP) is 2.49. The van der Waals surface area contributed by atoms with Crippen molar-refractivity contribution >= 4 is 6.08 Å². The summed E-state index contributed by atoms with van der Waals surface area (Å²) in [5.74, 6) is 0. The van der Waals surface area contributed by atoms with Crippen LogP contribution < -0.4 is 0 Å². The number of benzene rings is 1. The Labute approximate surface area is 91.2 Å². The molecule has 0 saturated heterocycles. The number of rotatable bonds is 6. The van der Waals surface area contributed by atoms with Gasteiger partial charge in [-0.25, -0.2) is 0 Å². The SMILES string of the molecule is CCC(/C=C/c1ccccc1)OCCO. The first-order valence-electron chi connectivity index (χ1n) is 5.32. The summed E-state index contributed by atoms with van der Waals surface area (Å²) in [6, 6.07) is 10.1. The highest BCUT2D eigenvalue weighted by Gasteiger charge is 2.00. The van der Waals surface area contributed by atoms with Crippen molar-refractivity contribution in [3.8, 4) is 0 Å². The van der Waals surface area contributed by atoms with Gasteiger partial charge < -0.3 is 9.84 Å². The van der Waals surface area contributed by atoms with Crippen molar-refractivity contribution in [1.82, 2.24) is 0 Å². The molecule has 0 aliphatic heterocycles. The highest BCUT2D eigenvalue weighted by atomic mass is 16.5. The lowest BCUT2D eigenvalue weighted by atomic mass is 10.1. The van der Waals surface area contributed by atoms with Crippen molar-refractivity contribution < 1.29 is 9.84 Å². The van der Waals surface area contributed by atoms with E-state index in [2.05, 4.69) is 19.1 Å². The topological polar surface area (TPSA) is 29.5 Å². The molecule has 2 nitrogen and oxygen atoms in total. The quantitative estimate of drug-likeness (QED) is 0.774. The molecule has 0 heterocycles. The van der Waals surface area contributed by atoms with Crippen LogP contribution in [0.2, 0.25) is 0 Å². The summed E-state index contributed by atoms with van der Waals surface area (Å²) in [5, 5.41) is 8.65. The second-order valence-corrected chi connectivity index (χ2v) is 3.31. The monoisotopic (exact) mass is 206 g/mol. The van der Waals surface area contributed by atoms with Gasteiger partial charge in [-0.1, -0.05) is 49.4 Å². The Morgan fingerprint density at radius 1 is 1.33 bits per heavy atom. The van der Waals surface area contributed by atoms with Crippen molar-refractivity contribution in [3.63, 3.8) is 0 Å². The lowest BCUT2D eigenvalue weighted by Gasteiger charge is -2.10. The maximum atomic E-state index is 8.65. The number of aliphatic hydroxyl groups is 1. The van der Waals surface area contributed by atoms with E-state index in [1.165, 1.54) is 5.56 Å². The molecule has 0 fully saturated rings. The van der Waals surface area contributed by atoms with E-state index >= 15 is 0 Å². The summed E-state index contributed by atoms with van der Waals surface area (Å²) in [4.78, 5) is 0. The van der Waals surface area contributed by atoms with Gasteiger partial charge in [0.1, 0.15) is 0 Å². The van der Waals surface area contributed by atoms with Gasteiger partial charge in [0.05, 0.1) is 19.3 Å². The lowest BCUT2D eigenvalue weighted by Crippen LogP contribution is -2.11. The molecule has 1 aromatic rings. The number of hydrogen-bond donors (Lipinski definition) is 1. The Hall–Kier alpha value is -1.12. The molecule has 0 bridgehead atoms. The van der Waals surface area contributed by atoms with Crippen LogP contribution in [-0.4, -0.2) is 24.4 Å². The summed E-state index contributed by atoms with van der Waals surface area (Å²) in [6.45, 7) is 2.55. The maximum absolute atomic E-state index is 8.65. The van der Waals surface area contributed by atoms with Crippen LogP contribution in [0.5, 0.6) is 0 Å². The molecule has 1 rings (SSSR count). The van der Waals surface area contributed by atoms with E-state index in [9.17, 15) is 0 Å². The van der Waals surface area contributed by atoms with Crippen LogP contribution in [0.15, 0.2) is 36.4 Å². The summed E-state index contributed by atoms with van der Waals surface area (Å²) in [6.07, 6.45) is 5.09. The largest absolute Gasteiger partial charge is 0.394 e. The molecule has 2 heteroatoms. The van der Waals surface area contributed by atoms with Crippen LogP contribution >= 0.6 is 0 Å². The Balaban J connectivity index is 2.47. The summed E-state index contributed by atoms with van der Waals surface area (Å²) in [5.41, 5.74) is 1.17. The average Bonchev–Trinajstić information content (AvgIpc) is 2.31. The number of ether oxygens (including phenoxy) is 1. The zero-order chi connectivity index (χ0) is 10.9. The van der Waals surface area contributed by atoms with Crippen LogP contribution in [0.4, 0.5) is 0 Å². The minimum Gasteiger partial charge on any atom is -0.394 e. The Bertz CT molecular complexity index is 280. The smallest absolute Gasteiger partial charge is 0.0757 e. The third-order valence-electron chi connectivity index (χ3n) is 2.13. The number of aliphatic hydroxyl groups excluding tert-OH is 1. The van der Waals surface area contributed by atoms with E-state index in [-0.39, 0.29) is 12.7 Å². The Kier molecular flexibility index (Phi) is 5.74. The molecule has 1 atom stereocenters. The fourth-order valence-corrected chi connectivity index (χ4v) is 1.30. The van der Waals surface area contributed by atoms with Gasteiger partial charge >= 0.3 is 0 Å². The molecular formula is C13H18O2. The molecule has 1 aromatic carbocycles. The molecule has 0 saturated carbocycles. The third-order valence-corrected chi connectivity index (χ3v) is 2.13. The fourth-order valence-electron chi connectivity index (χ4n) is 1.30. The van der Waals surface area contributed by atoms with Crippen LogP contribution in [-0.2, 0) is 4.74 Å². The standard InChI is InChI=1S/C13H18O2/c1-2-13(15-11-10-14)9-8-12-6-4-3-5-7-12/h3-9,13-14H,2,10-11H2,1H3/b9-8+. The van der Waals surface area contributed by atoms with E-state index in [0.717, 1.165) is 6.42 Å². The molecule has 0 amide bonds. The highest BCUT2D eigenvalue weighted by molar-refractivity contribution is 5.49. The lowest BCUT2D eigenvalue weighted by molar-refractivity contribution is 0.0532. The van der Waals surface area contributed by atoms with Crippen LogP contribution in [0.1, 0.15) is 18.9 Å². The molecule has 1 N–H and O–H groups in total. The fraction of sp³-hybridized carbons (Fsp3) is 0.385. The van der Waals surface area contributed by atoms with Crippen LogP contribution in [0.3, 0.4) is 0 Å². The predicted molar refractivity (Wildman–Crippen MR) is 62.6 cm³/mol. The van der Waals surface area contributed by atoms with Gasteiger partial charge in [0.2, 0.25) is 0 Å². The minimum atomic E-state index is 0.0790. The summed E-state index contributed by atoms with van der Waals surface area (Å²) < 4.78 is 5.43. The second-order valence-electron chi connectivity index (χ2n) is 3.31. The number of hydrogen-bond acceptors (Lipinski definition) is 2. The van der Waals surface area contributed by atoms with Gasteiger partial charge in [-0.05, 0) is 12.0 Å². The first-order valence-corrected chi connectivity index (χ1v) is 5.32. The molecule has 15 heavy (non-hydrogen) atoms. The second kappa shape index (κ2) is 7.21. The minimum absolute atomic E-state index is 0.0790. The van der Waals surface area contributed by atoms with E-state index in [0.29, 0.717) is 6.61 Å². The Morgan fingerprint density at radius 3 is 2.67 bits per heavy atom. The van der Waals surface area contributed by atoms with Crippen molar-refractivity contribution in [3.05, 3.63) is 42.0 Å². The van der Waals surface area contributed by atoms with Crippen LogP contribution in [0, 0.1) is 0 Å². The van der Waals surface area contributed by atoms with E-state index in [4.69, 9.17) is 9.84 Å². The van der Waals surface area contributed by atoms with Crippen molar-refractivity contribution in [2.24, 2.45) is 0 Å². The van der Waals surface area contributed by atoms with Crippen molar-refractivity contribution in [2.45, 2.75) is 19.4 Å². The van der Waals surface area contributed by atoms with Crippen molar-refractivity contribution in [2.75, 3.05) is 13.2 Å². The molecule has 0 aliphatic carbocycles. The van der Waals surface area contributed by atoms with Gasteiger partial charge in [-0.2, -0.15) is 0 Å². The first-order chi connectivity index (χ1) is 7.36. The molecule has 1 unspecified atom stereocenters. The molecule has 0 aliphatic rings. The van der Waals surface area contributed by atoms with Gasteiger partial charge in [0.15, 0.2) is 0 Å². The van der Waals surface area contributed by atoms with E-state index in [1.807, 2.05) is 30.4 Å². The van der Waals surface area contributed by atoms with E-state index in [1.54, 1.807) is 0 Å².